The van der Waals surface area contributed by atoms with Crippen LogP contribution in [0.4, 0.5) is 24.0 Å². The molecule has 3 N–H and O–H groups in total. The van der Waals surface area contributed by atoms with Gasteiger partial charge in [0.25, 0.3) is 0 Å². The first kappa shape index (κ1) is 29.7. The van der Waals surface area contributed by atoms with Crippen LogP contribution in [-0.4, -0.2) is 52.4 Å². The molecule has 5 rings (SSSR count). The zero-order valence-corrected chi connectivity index (χ0v) is 23.4. The summed E-state index contributed by atoms with van der Waals surface area (Å²) >= 11 is 7.75. The monoisotopic (exact) mass is 605 g/mol. The molecule has 0 aliphatic rings. The Morgan fingerprint density at radius 3 is 2.59 bits per heavy atom. The molecular formula is C26H23ClF3N7O3S. The van der Waals surface area contributed by atoms with E-state index in [-0.39, 0.29) is 18.1 Å². The standard InChI is InChI=1S/C24H22ClN7OS.C2HF3O2/c1-13(2)19-11-20(32(3)30-19)21(33)10-14-5-4-6-15(9-14)23-28-24(34-31-23)27-18-8-7-17-16(22(18)25)12-26-29-17;3-2(4,5)1(6)7/h4-9,11-13H,10H2,1-3H3,(H,26,29)(H,27,28,31);(H,6,7). The molecule has 3 aromatic heterocycles. The predicted molar refractivity (Wildman–Crippen MR) is 149 cm³/mol. The molecule has 2 aromatic carbocycles. The Labute approximate surface area is 240 Å². The van der Waals surface area contributed by atoms with Crippen LogP contribution >= 0.6 is 23.1 Å². The van der Waals surface area contributed by atoms with Crippen molar-refractivity contribution in [3.05, 3.63) is 70.6 Å². The second-order valence-electron chi connectivity index (χ2n) is 9.14. The van der Waals surface area contributed by atoms with Crippen molar-refractivity contribution in [2.45, 2.75) is 32.4 Å². The van der Waals surface area contributed by atoms with Gasteiger partial charge in [-0.15, -0.1) is 0 Å². The molecular weight excluding hydrogens is 583 g/mol. The number of ketones is 1. The number of hydrogen-bond donors (Lipinski definition) is 3. The van der Waals surface area contributed by atoms with Crippen molar-refractivity contribution in [3.63, 3.8) is 0 Å². The largest absolute Gasteiger partial charge is 0.490 e. The topological polar surface area (TPSA) is 139 Å². The number of carbonyl (C=O) groups is 2. The molecule has 10 nitrogen and oxygen atoms in total. The zero-order valence-electron chi connectivity index (χ0n) is 21.8. The van der Waals surface area contributed by atoms with Crippen molar-refractivity contribution in [2.75, 3.05) is 5.32 Å². The van der Waals surface area contributed by atoms with Crippen LogP contribution in [0.25, 0.3) is 22.3 Å². The van der Waals surface area contributed by atoms with Gasteiger partial charge in [0.1, 0.15) is 5.69 Å². The van der Waals surface area contributed by atoms with E-state index in [1.807, 2.05) is 42.5 Å². The Morgan fingerprint density at radius 2 is 1.93 bits per heavy atom. The summed E-state index contributed by atoms with van der Waals surface area (Å²) in [5.41, 5.74) is 4.87. The fourth-order valence-corrected chi connectivity index (χ4v) is 4.58. The lowest BCUT2D eigenvalue weighted by Crippen LogP contribution is -2.21. The number of benzene rings is 2. The molecule has 0 amide bonds. The third-order valence-corrected chi connectivity index (χ3v) is 6.83. The SMILES string of the molecule is CC(C)c1cc(C(=O)Cc2cccc(-c3nsc(Nc4ccc5[nH]ncc5c4Cl)n3)c2)n(C)n1.O=C(O)C(F)(F)F. The minimum absolute atomic E-state index is 0.0249. The number of carbonyl (C=O) groups excluding carboxylic acids is 1. The lowest BCUT2D eigenvalue weighted by atomic mass is 10.0. The molecule has 3 heterocycles. The maximum absolute atomic E-state index is 12.9. The van der Waals surface area contributed by atoms with Crippen LogP contribution in [0.1, 0.15) is 41.5 Å². The van der Waals surface area contributed by atoms with Crippen LogP contribution in [0.2, 0.25) is 5.02 Å². The number of aliphatic carboxylic acids is 1. The van der Waals surface area contributed by atoms with E-state index in [2.05, 4.69) is 43.8 Å². The number of nitrogens with one attached hydrogen (secondary N) is 2. The summed E-state index contributed by atoms with van der Waals surface area (Å²) < 4.78 is 37.9. The number of hydrogen-bond acceptors (Lipinski definition) is 8. The summed E-state index contributed by atoms with van der Waals surface area (Å²) in [7, 11) is 1.81. The van der Waals surface area contributed by atoms with E-state index in [1.54, 1.807) is 17.9 Å². The highest BCUT2D eigenvalue weighted by Crippen LogP contribution is 2.33. The van der Waals surface area contributed by atoms with Gasteiger partial charge in [-0.05, 0) is 35.7 Å². The van der Waals surface area contributed by atoms with E-state index in [0.29, 0.717) is 21.7 Å². The van der Waals surface area contributed by atoms with Crippen molar-refractivity contribution in [2.24, 2.45) is 7.05 Å². The summed E-state index contributed by atoms with van der Waals surface area (Å²) in [5.74, 6) is -1.87. The average Bonchev–Trinajstić information content (AvgIpc) is 3.66. The average molecular weight is 606 g/mol. The van der Waals surface area contributed by atoms with Crippen LogP contribution in [0.15, 0.2) is 48.7 Å². The van der Waals surface area contributed by atoms with Gasteiger partial charge in [-0.3, -0.25) is 14.6 Å². The highest BCUT2D eigenvalue weighted by molar-refractivity contribution is 7.10. The molecule has 0 saturated carbocycles. The predicted octanol–water partition coefficient (Wildman–Crippen LogP) is 6.39. The van der Waals surface area contributed by atoms with Crippen molar-refractivity contribution in [1.82, 2.24) is 29.3 Å². The molecule has 15 heteroatoms. The zero-order chi connectivity index (χ0) is 29.9. The second-order valence-corrected chi connectivity index (χ2v) is 10.3. The van der Waals surface area contributed by atoms with Gasteiger partial charge in [0, 0.05) is 36.0 Å². The molecule has 214 valence electrons. The third kappa shape index (κ3) is 7.08. The van der Waals surface area contributed by atoms with Gasteiger partial charge in [0.2, 0.25) is 5.13 Å². The van der Waals surface area contributed by atoms with E-state index in [9.17, 15) is 18.0 Å². The number of aromatic nitrogens is 6. The number of H-pyrrole nitrogens is 1. The van der Waals surface area contributed by atoms with Crippen LogP contribution in [0.3, 0.4) is 0 Å². The number of carboxylic acid groups (broad SMARTS) is 1. The number of carboxylic acids is 1. The summed E-state index contributed by atoms with van der Waals surface area (Å²) in [5, 5.41) is 23.8. The summed E-state index contributed by atoms with van der Waals surface area (Å²) in [6.07, 6.45) is -3.11. The molecule has 5 aromatic rings. The van der Waals surface area contributed by atoms with Crippen LogP contribution in [0, 0.1) is 0 Å². The molecule has 0 fully saturated rings. The molecule has 0 atom stereocenters. The molecule has 0 saturated heterocycles. The van der Waals surface area contributed by atoms with E-state index in [4.69, 9.17) is 21.5 Å². The van der Waals surface area contributed by atoms with E-state index in [1.165, 1.54) is 11.5 Å². The van der Waals surface area contributed by atoms with Crippen molar-refractivity contribution < 1.29 is 27.9 Å². The van der Waals surface area contributed by atoms with Gasteiger partial charge in [-0.1, -0.05) is 43.6 Å². The van der Waals surface area contributed by atoms with Crippen LogP contribution in [0.5, 0.6) is 0 Å². The van der Waals surface area contributed by atoms with Crippen LogP contribution < -0.4 is 5.32 Å². The first-order valence-electron chi connectivity index (χ1n) is 12.0. The van der Waals surface area contributed by atoms with E-state index >= 15 is 0 Å². The lowest BCUT2D eigenvalue weighted by molar-refractivity contribution is -0.192. The van der Waals surface area contributed by atoms with Gasteiger partial charge < -0.3 is 10.4 Å². The van der Waals surface area contributed by atoms with Gasteiger partial charge in [-0.2, -0.15) is 32.7 Å². The number of anilines is 2. The summed E-state index contributed by atoms with van der Waals surface area (Å²) in [6.45, 7) is 4.13. The fourth-order valence-electron chi connectivity index (χ4n) is 3.72. The van der Waals surface area contributed by atoms with E-state index < -0.39 is 12.1 Å². The smallest absolute Gasteiger partial charge is 0.475 e. The van der Waals surface area contributed by atoms with Gasteiger partial charge >= 0.3 is 12.1 Å². The van der Waals surface area contributed by atoms with Crippen molar-refractivity contribution in [3.8, 4) is 11.4 Å². The number of alkyl halides is 3. The highest BCUT2D eigenvalue weighted by Gasteiger charge is 2.38. The Hall–Kier alpha value is -4.30. The normalized spacial score (nSPS) is 11.4. The van der Waals surface area contributed by atoms with Gasteiger partial charge in [0.15, 0.2) is 11.6 Å². The lowest BCUT2D eigenvalue weighted by Gasteiger charge is -2.05. The number of aryl methyl sites for hydroxylation is 1. The second kappa shape index (κ2) is 12.1. The number of fused-ring (bicyclic) bond motifs is 1. The Balaban J connectivity index is 0.000000493. The van der Waals surface area contributed by atoms with Crippen molar-refractivity contribution in [1.29, 1.82) is 0 Å². The van der Waals surface area contributed by atoms with Crippen LogP contribution in [-0.2, 0) is 18.3 Å². The number of rotatable bonds is 7. The van der Waals surface area contributed by atoms with Gasteiger partial charge in [-0.25, -0.2) is 4.79 Å². The molecule has 0 radical (unpaired) electrons. The molecule has 0 aliphatic heterocycles. The van der Waals surface area contributed by atoms with Crippen molar-refractivity contribution >= 4 is 56.6 Å². The molecule has 41 heavy (non-hydrogen) atoms. The van der Waals surface area contributed by atoms with Gasteiger partial charge in [0.05, 0.1) is 28.1 Å². The Kier molecular flexibility index (Phi) is 8.73. The number of nitrogens with zero attached hydrogens (tertiary/aromatic N) is 5. The number of aromatic amines is 1. The number of Topliss-reactive ketones (excluding diaryl/α,β-unsaturated/α-hetero) is 1. The number of halogens is 4. The maximum atomic E-state index is 12.9. The molecule has 0 aliphatic carbocycles. The molecule has 0 unspecified atom stereocenters. The minimum atomic E-state index is -5.08. The maximum Gasteiger partial charge on any atom is 0.490 e. The summed E-state index contributed by atoms with van der Waals surface area (Å²) in [6, 6.07) is 13.4. The highest BCUT2D eigenvalue weighted by atomic mass is 35.5. The minimum Gasteiger partial charge on any atom is -0.475 e. The first-order chi connectivity index (χ1) is 19.3. The molecule has 0 bridgehead atoms. The molecule has 0 spiro atoms. The van der Waals surface area contributed by atoms with E-state index in [0.717, 1.165) is 33.4 Å². The quantitative estimate of drug-likeness (QED) is 0.181. The Bertz CT molecular complexity index is 1710. The first-order valence-corrected chi connectivity index (χ1v) is 13.2. The fraction of sp³-hybridized carbons (Fsp3) is 0.231. The third-order valence-electron chi connectivity index (χ3n) is 5.79. The summed E-state index contributed by atoms with van der Waals surface area (Å²) in [4.78, 5) is 26.4. The Morgan fingerprint density at radius 1 is 1.20 bits per heavy atom.